The molecule has 2 heterocycles. The number of rotatable bonds is 5. The number of aromatic hydroxyl groups is 3. The number of carbonyl (C=O) groups excluding carboxylic acids is 1. The number of hydrogen-bond acceptors (Lipinski definition) is 8. The van der Waals surface area contributed by atoms with Gasteiger partial charge in [-0.2, -0.15) is 0 Å². The molecule has 0 saturated heterocycles. The molecule has 1 atom stereocenters. The Bertz CT molecular complexity index is 2110. The minimum absolute atomic E-state index is 0.0487. The highest BCUT2D eigenvalue weighted by Gasteiger charge is 2.32. The zero-order chi connectivity index (χ0) is 28.8. The van der Waals surface area contributed by atoms with Crippen LogP contribution in [0.4, 0.5) is 0 Å². The molecule has 0 unspecified atom stereocenters. The number of phenolic OH excluding ortho intramolecular Hbond substituents is 3. The Kier molecular flexibility index (Phi) is 6.19. The van der Waals surface area contributed by atoms with Crippen molar-refractivity contribution in [3.05, 3.63) is 111 Å². The van der Waals surface area contributed by atoms with Crippen molar-refractivity contribution in [3.63, 3.8) is 0 Å². The van der Waals surface area contributed by atoms with Crippen LogP contribution in [0.1, 0.15) is 23.5 Å². The van der Waals surface area contributed by atoms with Crippen molar-refractivity contribution in [2.24, 2.45) is 0 Å². The third-order valence-corrected chi connectivity index (χ3v) is 7.25. The fourth-order valence-electron chi connectivity index (χ4n) is 5.23. The van der Waals surface area contributed by atoms with Gasteiger partial charge in [-0.3, -0.25) is 14.4 Å². The van der Waals surface area contributed by atoms with Gasteiger partial charge in [0.1, 0.15) is 16.7 Å². The second-order valence-electron chi connectivity index (χ2n) is 9.68. The van der Waals surface area contributed by atoms with E-state index >= 15 is 0 Å². The summed E-state index contributed by atoms with van der Waals surface area (Å²) >= 11 is 0. The lowest BCUT2D eigenvalue weighted by molar-refractivity contribution is -0.140. The summed E-state index contributed by atoms with van der Waals surface area (Å²) in [6.07, 6.45) is -0.454. The number of aromatic nitrogens is 1. The van der Waals surface area contributed by atoms with E-state index in [0.717, 1.165) is 16.8 Å². The number of pyridine rings is 1. The largest absolute Gasteiger partial charge is 0.504 e. The molecule has 2 aromatic heterocycles. The van der Waals surface area contributed by atoms with Gasteiger partial charge in [0, 0.05) is 34.2 Å². The van der Waals surface area contributed by atoms with Crippen molar-refractivity contribution < 1.29 is 29.3 Å². The van der Waals surface area contributed by atoms with Gasteiger partial charge >= 0.3 is 5.97 Å². The van der Waals surface area contributed by atoms with Crippen LogP contribution in [0.2, 0.25) is 0 Å². The number of ether oxygens (including phenoxy) is 1. The summed E-state index contributed by atoms with van der Waals surface area (Å²) < 4.78 is 11.0. The molecule has 6 rings (SSSR count). The van der Waals surface area contributed by atoms with Crippen LogP contribution in [0.5, 0.6) is 17.2 Å². The Labute approximate surface area is 231 Å². The first-order chi connectivity index (χ1) is 19.8. The highest BCUT2D eigenvalue weighted by atomic mass is 16.5. The molecular weight excluding hydrogens is 526 g/mol. The Morgan fingerprint density at radius 2 is 1.54 bits per heavy atom. The molecule has 9 heteroatoms. The topological polar surface area (TPSA) is 150 Å². The van der Waals surface area contributed by atoms with Crippen LogP contribution in [0.3, 0.4) is 0 Å². The van der Waals surface area contributed by atoms with Gasteiger partial charge in [-0.1, -0.05) is 54.6 Å². The Hall–Kier alpha value is -5.57. The van der Waals surface area contributed by atoms with E-state index in [1.54, 1.807) is 36.4 Å². The number of methoxy groups -OCH3 is 1. The maximum absolute atomic E-state index is 13.5. The Morgan fingerprint density at radius 1 is 0.854 bits per heavy atom. The lowest BCUT2D eigenvalue weighted by atomic mass is 9.86. The summed E-state index contributed by atoms with van der Waals surface area (Å²) in [5, 5.41) is 34.5. The molecule has 0 radical (unpaired) electrons. The summed E-state index contributed by atoms with van der Waals surface area (Å²) in [6.45, 7) is 0. The van der Waals surface area contributed by atoms with E-state index < -0.39 is 51.9 Å². The highest BCUT2D eigenvalue weighted by Crippen LogP contribution is 2.49. The maximum atomic E-state index is 13.5. The van der Waals surface area contributed by atoms with Crippen LogP contribution in [0.15, 0.2) is 92.9 Å². The average molecular weight is 550 g/mol. The Morgan fingerprint density at radius 3 is 2.24 bits per heavy atom. The van der Waals surface area contributed by atoms with Crippen molar-refractivity contribution >= 4 is 38.6 Å². The van der Waals surface area contributed by atoms with Gasteiger partial charge in [0.25, 0.3) is 5.56 Å². The van der Waals surface area contributed by atoms with Crippen LogP contribution in [-0.4, -0.2) is 33.4 Å². The number of aromatic amines is 1. The molecule has 0 amide bonds. The summed E-state index contributed by atoms with van der Waals surface area (Å²) in [4.78, 5) is 42.2. The monoisotopic (exact) mass is 549 g/mol. The number of benzene rings is 4. The van der Waals surface area contributed by atoms with Crippen molar-refractivity contribution in [1.29, 1.82) is 0 Å². The fourth-order valence-corrected chi connectivity index (χ4v) is 5.23. The van der Waals surface area contributed by atoms with Gasteiger partial charge in [0.15, 0.2) is 16.9 Å². The van der Waals surface area contributed by atoms with Crippen LogP contribution in [-0.2, 0) is 9.53 Å². The predicted octanol–water partition coefficient (Wildman–Crippen LogP) is 5.27. The quantitative estimate of drug-likeness (QED) is 0.129. The molecule has 4 aromatic carbocycles. The number of H-pyrrole nitrogens is 1. The van der Waals surface area contributed by atoms with Gasteiger partial charge in [-0.25, -0.2) is 0 Å². The summed E-state index contributed by atoms with van der Waals surface area (Å²) in [5.74, 6) is -4.56. The SMILES string of the molecule is COC(=O)C[C@H](c1cc2cc3ccccc3cc2[nH]c1=O)c1c(O)c(O)c(O)c2c(=O)cc(-c3ccccc3)oc12. The first-order valence-electron chi connectivity index (χ1n) is 12.7. The van der Waals surface area contributed by atoms with Crippen LogP contribution in [0, 0.1) is 0 Å². The third-order valence-electron chi connectivity index (χ3n) is 7.25. The van der Waals surface area contributed by atoms with Crippen molar-refractivity contribution in [2.45, 2.75) is 12.3 Å². The van der Waals surface area contributed by atoms with Gasteiger partial charge in [-0.15, -0.1) is 0 Å². The molecule has 41 heavy (non-hydrogen) atoms. The number of esters is 1. The standard InChI is InChI=1S/C32H23NO8/c1-40-25(35)14-20(21-12-19-11-17-9-5-6-10-18(17)13-22(19)33-32(21)39)26-28(36)30(38)29(37)27-23(34)15-24(41-31(26)27)16-7-3-2-4-8-16/h2-13,15,20,36-38H,14H2,1H3,(H,33,39)/t20-/m1/s1. The normalized spacial score (nSPS) is 12.1. The maximum Gasteiger partial charge on any atom is 0.306 e. The summed E-state index contributed by atoms with van der Waals surface area (Å²) in [5.41, 5.74) is -0.637. The van der Waals surface area contributed by atoms with Gasteiger partial charge < -0.3 is 29.5 Å². The van der Waals surface area contributed by atoms with Gasteiger partial charge in [0.05, 0.1) is 13.5 Å². The van der Waals surface area contributed by atoms with E-state index in [9.17, 15) is 29.7 Å². The zero-order valence-corrected chi connectivity index (χ0v) is 21.7. The zero-order valence-electron chi connectivity index (χ0n) is 21.7. The van der Waals surface area contributed by atoms with E-state index in [-0.39, 0.29) is 22.5 Å². The van der Waals surface area contributed by atoms with Crippen LogP contribution < -0.4 is 11.0 Å². The predicted molar refractivity (Wildman–Crippen MR) is 153 cm³/mol. The second kappa shape index (κ2) is 9.87. The Balaban J connectivity index is 1.69. The smallest absolute Gasteiger partial charge is 0.306 e. The van der Waals surface area contributed by atoms with E-state index in [4.69, 9.17) is 9.15 Å². The number of fused-ring (bicyclic) bond motifs is 3. The van der Waals surface area contributed by atoms with E-state index in [2.05, 4.69) is 4.98 Å². The molecule has 0 aliphatic rings. The molecule has 0 saturated carbocycles. The van der Waals surface area contributed by atoms with E-state index in [1.807, 2.05) is 36.4 Å². The van der Waals surface area contributed by atoms with Gasteiger partial charge in [0.2, 0.25) is 5.75 Å². The first kappa shape index (κ1) is 25.7. The molecule has 204 valence electrons. The van der Waals surface area contributed by atoms with Gasteiger partial charge in [-0.05, 0) is 34.4 Å². The van der Waals surface area contributed by atoms with Crippen molar-refractivity contribution in [1.82, 2.24) is 4.98 Å². The second-order valence-corrected chi connectivity index (χ2v) is 9.68. The molecule has 0 fully saturated rings. The average Bonchev–Trinajstić information content (AvgIpc) is 2.98. The van der Waals surface area contributed by atoms with E-state index in [0.29, 0.717) is 16.5 Å². The molecule has 4 N–H and O–H groups in total. The van der Waals surface area contributed by atoms with Crippen LogP contribution in [0.25, 0.3) is 44.0 Å². The number of hydrogen-bond donors (Lipinski definition) is 4. The number of carbonyl (C=O) groups is 1. The third kappa shape index (κ3) is 4.33. The molecule has 0 aliphatic carbocycles. The van der Waals surface area contributed by atoms with Crippen molar-refractivity contribution in [2.75, 3.05) is 7.11 Å². The molecule has 9 nitrogen and oxygen atoms in total. The van der Waals surface area contributed by atoms with Crippen molar-refractivity contribution in [3.8, 4) is 28.6 Å². The molecule has 0 aliphatic heterocycles. The fraction of sp³-hybridized carbons (Fsp3) is 0.0938. The number of phenols is 3. The first-order valence-corrected chi connectivity index (χ1v) is 12.7. The lowest BCUT2D eigenvalue weighted by Gasteiger charge is -2.21. The minimum Gasteiger partial charge on any atom is -0.504 e. The minimum atomic E-state index is -1.25. The van der Waals surface area contributed by atoms with Crippen LogP contribution >= 0.6 is 0 Å². The molecule has 0 bridgehead atoms. The summed E-state index contributed by atoms with van der Waals surface area (Å²) in [7, 11) is 1.18. The molecular formula is C32H23NO8. The molecule has 6 aromatic rings. The van der Waals surface area contributed by atoms with E-state index in [1.165, 1.54) is 7.11 Å². The summed E-state index contributed by atoms with van der Waals surface area (Å²) in [6, 6.07) is 22.7. The number of nitrogens with one attached hydrogen (secondary N) is 1. The molecule has 0 spiro atoms. The lowest BCUT2D eigenvalue weighted by Crippen LogP contribution is -2.21. The highest BCUT2D eigenvalue weighted by molar-refractivity contribution is 5.97.